The van der Waals surface area contributed by atoms with Gasteiger partial charge in [0, 0.05) is 12.2 Å². The van der Waals surface area contributed by atoms with Gasteiger partial charge in [-0.2, -0.15) is 5.10 Å². The van der Waals surface area contributed by atoms with Gasteiger partial charge in [-0.1, -0.05) is 6.92 Å². The molecule has 5 heteroatoms. The third-order valence-electron chi connectivity index (χ3n) is 1.99. The van der Waals surface area contributed by atoms with E-state index in [1.165, 1.54) is 4.68 Å². The molecule has 1 unspecified atom stereocenters. The van der Waals surface area contributed by atoms with Crippen molar-refractivity contribution in [1.82, 2.24) is 15.1 Å². The molecule has 5 nitrogen and oxygen atoms in total. The van der Waals surface area contributed by atoms with Gasteiger partial charge < -0.3 is 11.1 Å². The second kappa shape index (κ2) is 4.64. The molecule has 1 heterocycles. The number of carbonyl (C=O) groups is 1. The maximum Gasteiger partial charge on any atom is 0.241 e. The lowest BCUT2D eigenvalue weighted by atomic mass is 10.2. The van der Waals surface area contributed by atoms with E-state index in [9.17, 15) is 4.79 Å². The van der Waals surface area contributed by atoms with Gasteiger partial charge in [-0.15, -0.1) is 0 Å². The van der Waals surface area contributed by atoms with Crippen LogP contribution in [0.2, 0.25) is 0 Å². The van der Waals surface area contributed by atoms with Gasteiger partial charge in [0.05, 0.1) is 0 Å². The van der Waals surface area contributed by atoms with Gasteiger partial charge in [0.25, 0.3) is 0 Å². The Morgan fingerprint density at radius 3 is 3.00 bits per heavy atom. The molecule has 1 aromatic heterocycles. The summed E-state index contributed by atoms with van der Waals surface area (Å²) < 4.78 is 1.52. The van der Waals surface area contributed by atoms with E-state index in [1.807, 2.05) is 13.8 Å². The average Bonchev–Trinajstić information content (AvgIpc) is 2.50. The van der Waals surface area contributed by atoms with E-state index in [2.05, 4.69) is 10.4 Å². The quantitative estimate of drug-likeness (QED) is 0.731. The Morgan fingerprint density at radius 1 is 1.79 bits per heavy atom. The number of nitrogens with zero attached hydrogens (tertiary/aromatic N) is 2. The van der Waals surface area contributed by atoms with Crippen molar-refractivity contribution in [3.63, 3.8) is 0 Å². The Labute approximate surface area is 83.3 Å². The SMILES string of the molecule is CCC(C)NC(=O)Cn1ccc(N)n1. The Bertz CT molecular complexity index is 308. The molecule has 0 spiro atoms. The minimum absolute atomic E-state index is 0.0394. The number of hydrogen-bond donors (Lipinski definition) is 2. The third-order valence-corrected chi connectivity index (χ3v) is 1.99. The monoisotopic (exact) mass is 196 g/mol. The number of nitrogens with two attached hydrogens (primary N) is 1. The number of hydrogen-bond acceptors (Lipinski definition) is 3. The van der Waals surface area contributed by atoms with Crippen LogP contribution in [-0.2, 0) is 11.3 Å². The molecule has 0 aliphatic heterocycles. The molecule has 78 valence electrons. The van der Waals surface area contributed by atoms with Crippen molar-refractivity contribution in [3.8, 4) is 0 Å². The molecule has 0 saturated carbocycles. The van der Waals surface area contributed by atoms with Gasteiger partial charge in [0.15, 0.2) is 0 Å². The summed E-state index contributed by atoms with van der Waals surface area (Å²) in [4.78, 5) is 11.4. The summed E-state index contributed by atoms with van der Waals surface area (Å²) >= 11 is 0. The highest BCUT2D eigenvalue weighted by Gasteiger charge is 2.06. The molecule has 0 bridgehead atoms. The van der Waals surface area contributed by atoms with E-state index < -0.39 is 0 Å². The van der Waals surface area contributed by atoms with Crippen molar-refractivity contribution in [2.24, 2.45) is 0 Å². The minimum Gasteiger partial charge on any atom is -0.382 e. The molecule has 1 aromatic rings. The zero-order valence-electron chi connectivity index (χ0n) is 8.53. The summed E-state index contributed by atoms with van der Waals surface area (Å²) in [6, 6.07) is 1.87. The first-order chi connectivity index (χ1) is 6.61. The Morgan fingerprint density at radius 2 is 2.50 bits per heavy atom. The second-order valence-electron chi connectivity index (χ2n) is 3.31. The molecule has 14 heavy (non-hydrogen) atoms. The summed E-state index contributed by atoms with van der Waals surface area (Å²) in [6.07, 6.45) is 2.61. The normalized spacial score (nSPS) is 12.4. The highest BCUT2D eigenvalue weighted by atomic mass is 16.2. The Kier molecular flexibility index (Phi) is 3.50. The molecule has 1 amide bonds. The van der Waals surface area contributed by atoms with Crippen LogP contribution in [-0.4, -0.2) is 21.7 Å². The van der Waals surface area contributed by atoms with Crippen LogP contribution >= 0.6 is 0 Å². The third kappa shape index (κ3) is 3.08. The number of anilines is 1. The summed E-state index contributed by atoms with van der Waals surface area (Å²) in [6.45, 7) is 4.22. The van der Waals surface area contributed by atoms with Gasteiger partial charge in [-0.05, 0) is 19.4 Å². The van der Waals surface area contributed by atoms with Crippen LogP contribution in [0, 0.1) is 0 Å². The van der Waals surface area contributed by atoms with Gasteiger partial charge in [-0.25, -0.2) is 0 Å². The number of amides is 1. The second-order valence-corrected chi connectivity index (χ2v) is 3.31. The molecule has 0 saturated heterocycles. The van der Waals surface area contributed by atoms with E-state index >= 15 is 0 Å². The van der Waals surface area contributed by atoms with Crippen molar-refractivity contribution < 1.29 is 4.79 Å². The van der Waals surface area contributed by atoms with Crippen molar-refractivity contribution in [2.75, 3.05) is 5.73 Å². The lowest BCUT2D eigenvalue weighted by Crippen LogP contribution is -2.34. The van der Waals surface area contributed by atoms with Gasteiger partial charge in [0.1, 0.15) is 12.4 Å². The lowest BCUT2D eigenvalue weighted by molar-refractivity contribution is -0.122. The number of carbonyl (C=O) groups excluding carboxylic acids is 1. The van der Waals surface area contributed by atoms with Crippen LogP contribution in [0.15, 0.2) is 12.3 Å². The van der Waals surface area contributed by atoms with E-state index in [-0.39, 0.29) is 18.5 Å². The summed E-state index contributed by atoms with van der Waals surface area (Å²) in [5.41, 5.74) is 5.42. The van der Waals surface area contributed by atoms with Gasteiger partial charge in [-0.3, -0.25) is 9.48 Å². The zero-order chi connectivity index (χ0) is 10.6. The van der Waals surface area contributed by atoms with Crippen molar-refractivity contribution in [3.05, 3.63) is 12.3 Å². The number of rotatable bonds is 4. The van der Waals surface area contributed by atoms with Crippen LogP contribution in [0.5, 0.6) is 0 Å². The maximum atomic E-state index is 11.4. The highest BCUT2D eigenvalue weighted by Crippen LogP contribution is 1.95. The number of nitrogen functional groups attached to an aromatic ring is 1. The standard InChI is InChI=1S/C9H16N4O/c1-3-7(2)11-9(14)6-13-5-4-8(10)12-13/h4-5,7H,3,6H2,1-2H3,(H2,10,12)(H,11,14). The summed E-state index contributed by atoms with van der Waals surface area (Å²) in [5.74, 6) is 0.392. The first kappa shape index (κ1) is 10.6. The molecule has 0 aliphatic carbocycles. The fraction of sp³-hybridized carbons (Fsp3) is 0.556. The number of nitrogens with one attached hydrogen (secondary N) is 1. The highest BCUT2D eigenvalue weighted by molar-refractivity contribution is 5.75. The Hall–Kier alpha value is -1.52. The molecule has 3 N–H and O–H groups in total. The predicted octanol–water partition coefficient (Wildman–Crippen LogP) is 0.380. The minimum atomic E-state index is -0.0394. The number of aromatic nitrogens is 2. The molecule has 0 aliphatic rings. The largest absolute Gasteiger partial charge is 0.382 e. The van der Waals surface area contributed by atoms with Crippen molar-refractivity contribution in [2.45, 2.75) is 32.9 Å². The van der Waals surface area contributed by atoms with Gasteiger partial charge >= 0.3 is 0 Å². The van der Waals surface area contributed by atoms with E-state index in [0.29, 0.717) is 5.82 Å². The Balaban J connectivity index is 2.41. The first-order valence-corrected chi connectivity index (χ1v) is 4.70. The summed E-state index contributed by atoms with van der Waals surface area (Å²) in [5, 5.41) is 6.76. The molecular formula is C9H16N4O. The van der Waals surface area contributed by atoms with Crippen LogP contribution < -0.4 is 11.1 Å². The average molecular weight is 196 g/mol. The van der Waals surface area contributed by atoms with E-state index in [0.717, 1.165) is 6.42 Å². The van der Waals surface area contributed by atoms with Crippen molar-refractivity contribution in [1.29, 1.82) is 0 Å². The molecule has 1 rings (SSSR count). The topological polar surface area (TPSA) is 72.9 Å². The van der Waals surface area contributed by atoms with Crippen LogP contribution in [0.1, 0.15) is 20.3 Å². The van der Waals surface area contributed by atoms with Crippen molar-refractivity contribution >= 4 is 11.7 Å². The van der Waals surface area contributed by atoms with Crippen LogP contribution in [0.3, 0.4) is 0 Å². The molecular weight excluding hydrogens is 180 g/mol. The zero-order valence-corrected chi connectivity index (χ0v) is 8.53. The molecule has 1 atom stereocenters. The molecule has 0 fully saturated rings. The predicted molar refractivity (Wildman–Crippen MR) is 54.5 cm³/mol. The maximum absolute atomic E-state index is 11.4. The molecule has 0 radical (unpaired) electrons. The first-order valence-electron chi connectivity index (χ1n) is 4.70. The van der Waals surface area contributed by atoms with Crippen LogP contribution in [0.25, 0.3) is 0 Å². The van der Waals surface area contributed by atoms with E-state index in [4.69, 9.17) is 5.73 Å². The van der Waals surface area contributed by atoms with E-state index in [1.54, 1.807) is 12.3 Å². The fourth-order valence-electron chi connectivity index (χ4n) is 1.04. The molecule has 0 aromatic carbocycles. The van der Waals surface area contributed by atoms with Crippen LogP contribution in [0.4, 0.5) is 5.82 Å². The summed E-state index contributed by atoms with van der Waals surface area (Å²) in [7, 11) is 0. The lowest BCUT2D eigenvalue weighted by Gasteiger charge is -2.10. The smallest absolute Gasteiger partial charge is 0.241 e. The van der Waals surface area contributed by atoms with Gasteiger partial charge in [0.2, 0.25) is 5.91 Å². The fourth-order valence-corrected chi connectivity index (χ4v) is 1.04.